The van der Waals surface area contributed by atoms with Gasteiger partial charge in [0.1, 0.15) is 5.82 Å². The lowest BCUT2D eigenvalue weighted by Crippen LogP contribution is -2.30. The molecule has 0 unspecified atom stereocenters. The lowest BCUT2D eigenvalue weighted by Gasteiger charge is -2.34. The van der Waals surface area contributed by atoms with Crippen molar-refractivity contribution in [3.63, 3.8) is 0 Å². The Morgan fingerprint density at radius 3 is 2.79 bits per heavy atom. The number of hydrogen-bond acceptors (Lipinski definition) is 2. The highest BCUT2D eigenvalue weighted by molar-refractivity contribution is 5.77. The number of halogens is 1. The molecule has 4 heteroatoms. The van der Waals surface area contributed by atoms with E-state index in [0.29, 0.717) is 11.5 Å². The molecule has 3 rings (SSSR count). The third-order valence-corrected chi connectivity index (χ3v) is 4.12. The van der Waals surface area contributed by atoms with Gasteiger partial charge in [-0.25, -0.2) is 9.37 Å². The van der Waals surface area contributed by atoms with Crippen molar-refractivity contribution < 1.29 is 4.39 Å². The topological polar surface area (TPSA) is 40.7 Å². The van der Waals surface area contributed by atoms with E-state index in [9.17, 15) is 4.39 Å². The van der Waals surface area contributed by atoms with Crippen LogP contribution in [-0.4, -0.2) is 16.0 Å². The summed E-state index contributed by atoms with van der Waals surface area (Å²) in [5, 5.41) is 3.44. The Morgan fingerprint density at radius 2 is 2.05 bits per heavy atom. The summed E-state index contributed by atoms with van der Waals surface area (Å²) in [5.41, 5.74) is 2.02. The molecule has 0 radical (unpaired) electrons. The Balaban J connectivity index is 1.72. The summed E-state index contributed by atoms with van der Waals surface area (Å²) in [5.74, 6) is 0.521. The minimum atomic E-state index is -0.234. The first kappa shape index (κ1) is 12.5. The molecule has 0 aliphatic heterocycles. The van der Waals surface area contributed by atoms with Crippen molar-refractivity contribution >= 4 is 17.0 Å². The van der Waals surface area contributed by atoms with Crippen molar-refractivity contribution in [1.82, 2.24) is 9.97 Å². The van der Waals surface area contributed by atoms with E-state index in [1.54, 1.807) is 6.07 Å². The number of hydrogen-bond donors (Lipinski definition) is 2. The van der Waals surface area contributed by atoms with Crippen molar-refractivity contribution in [2.45, 2.75) is 45.6 Å². The van der Waals surface area contributed by atoms with Crippen molar-refractivity contribution in [3.8, 4) is 0 Å². The summed E-state index contributed by atoms with van der Waals surface area (Å²) in [6.07, 6.45) is 4.80. The molecular formula is C15H20FN3. The summed E-state index contributed by atoms with van der Waals surface area (Å²) in [6, 6.07) is 5.10. The third-order valence-electron chi connectivity index (χ3n) is 4.12. The van der Waals surface area contributed by atoms with Crippen LogP contribution in [0.4, 0.5) is 10.3 Å². The van der Waals surface area contributed by atoms with Gasteiger partial charge in [0.2, 0.25) is 5.95 Å². The number of fused-ring (bicyclic) bond motifs is 1. The van der Waals surface area contributed by atoms with Crippen LogP contribution in [0.1, 0.15) is 39.5 Å². The molecule has 1 heterocycles. The monoisotopic (exact) mass is 261 g/mol. The Labute approximate surface area is 112 Å². The van der Waals surface area contributed by atoms with Crippen LogP contribution >= 0.6 is 0 Å². The van der Waals surface area contributed by atoms with E-state index in [1.807, 2.05) is 0 Å². The van der Waals surface area contributed by atoms with Crippen LogP contribution in [0.2, 0.25) is 0 Å². The highest BCUT2D eigenvalue weighted by Crippen LogP contribution is 2.35. The lowest BCUT2D eigenvalue weighted by atomic mass is 9.76. The molecule has 0 atom stereocenters. The summed E-state index contributed by atoms with van der Waals surface area (Å²) < 4.78 is 13.1. The standard InChI is InChI=1S/C15H20FN3/c1-15(2)7-5-11(6-8-15)17-14-18-12-4-3-10(16)9-13(12)19-14/h3-4,9,11H,5-8H2,1-2H3,(H2,17,18,19). The minimum absolute atomic E-state index is 0.234. The summed E-state index contributed by atoms with van der Waals surface area (Å²) in [4.78, 5) is 7.59. The fourth-order valence-electron chi connectivity index (χ4n) is 2.79. The van der Waals surface area contributed by atoms with Crippen LogP contribution in [-0.2, 0) is 0 Å². The SMILES string of the molecule is CC1(C)CCC(Nc2nc3ccc(F)cc3[nH]2)CC1. The van der Waals surface area contributed by atoms with E-state index in [4.69, 9.17) is 0 Å². The van der Waals surface area contributed by atoms with Gasteiger partial charge in [0.15, 0.2) is 0 Å². The Kier molecular flexibility index (Phi) is 2.96. The molecule has 0 saturated heterocycles. The number of aromatic amines is 1. The highest BCUT2D eigenvalue weighted by Gasteiger charge is 2.27. The van der Waals surface area contributed by atoms with Gasteiger partial charge >= 0.3 is 0 Å². The summed E-state index contributed by atoms with van der Waals surface area (Å²) >= 11 is 0. The van der Waals surface area contributed by atoms with Gasteiger partial charge in [-0.05, 0) is 49.3 Å². The van der Waals surface area contributed by atoms with Crippen LogP contribution in [0.25, 0.3) is 11.0 Å². The Bertz CT molecular complexity index is 578. The van der Waals surface area contributed by atoms with Gasteiger partial charge in [0, 0.05) is 6.04 Å². The Morgan fingerprint density at radius 1 is 1.32 bits per heavy atom. The lowest BCUT2D eigenvalue weighted by molar-refractivity contribution is 0.232. The van der Waals surface area contributed by atoms with Crippen LogP contribution in [0.5, 0.6) is 0 Å². The van der Waals surface area contributed by atoms with Gasteiger partial charge in [-0.15, -0.1) is 0 Å². The number of H-pyrrole nitrogens is 1. The van der Waals surface area contributed by atoms with Crippen molar-refractivity contribution in [2.24, 2.45) is 5.41 Å². The maximum atomic E-state index is 13.1. The highest BCUT2D eigenvalue weighted by atomic mass is 19.1. The molecule has 0 spiro atoms. The second kappa shape index (κ2) is 4.51. The first-order valence-electron chi connectivity index (χ1n) is 6.94. The maximum Gasteiger partial charge on any atom is 0.201 e. The molecule has 1 saturated carbocycles. The zero-order valence-corrected chi connectivity index (χ0v) is 11.5. The molecule has 0 bridgehead atoms. The second-order valence-corrected chi connectivity index (χ2v) is 6.33. The van der Waals surface area contributed by atoms with Crippen molar-refractivity contribution in [1.29, 1.82) is 0 Å². The van der Waals surface area contributed by atoms with E-state index in [2.05, 4.69) is 29.1 Å². The molecule has 1 aromatic carbocycles. The number of nitrogens with one attached hydrogen (secondary N) is 2. The molecule has 2 N–H and O–H groups in total. The second-order valence-electron chi connectivity index (χ2n) is 6.33. The van der Waals surface area contributed by atoms with Gasteiger partial charge in [0.05, 0.1) is 11.0 Å². The van der Waals surface area contributed by atoms with Crippen LogP contribution in [0.3, 0.4) is 0 Å². The van der Waals surface area contributed by atoms with Crippen LogP contribution in [0, 0.1) is 11.2 Å². The number of imidazole rings is 1. The number of anilines is 1. The van der Waals surface area contributed by atoms with Gasteiger partial charge in [-0.3, -0.25) is 0 Å². The first-order valence-corrected chi connectivity index (χ1v) is 6.94. The quantitative estimate of drug-likeness (QED) is 0.855. The summed E-state index contributed by atoms with van der Waals surface area (Å²) in [7, 11) is 0. The zero-order valence-electron chi connectivity index (χ0n) is 11.5. The fourth-order valence-corrected chi connectivity index (χ4v) is 2.79. The maximum absolute atomic E-state index is 13.1. The molecule has 19 heavy (non-hydrogen) atoms. The average Bonchev–Trinajstić information content (AvgIpc) is 2.73. The molecule has 1 aromatic heterocycles. The Hall–Kier alpha value is -1.58. The average molecular weight is 261 g/mol. The largest absolute Gasteiger partial charge is 0.353 e. The van der Waals surface area contributed by atoms with Crippen LogP contribution < -0.4 is 5.32 Å². The van der Waals surface area contributed by atoms with Crippen molar-refractivity contribution in [3.05, 3.63) is 24.0 Å². The van der Waals surface area contributed by atoms with E-state index >= 15 is 0 Å². The molecular weight excluding hydrogens is 241 g/mol. The van der Waals surface area contributed by atoms with Crippen LogP contribution in [0.15, 0.2) is 18.2 Å². The first-order chi connectivity index (χ1) is 9.02. The predicted octanol–water partition coefficient (Wildman–Crippen LogP) is 4.08. The normalized spacial score (nSPS) is 19.7. The van der Waals surface area contributed by atoms with Gasteiger partial charge in [0.25, 0.3) is 0 Å². The molecule has 3 nitrogen and oxygen atoms in total. The van der Waals surface area contributed by atoms with Gasteiger partial charge < -0.3 is 10.3 Å². The molecule has 1 aliphatic carbocycles. The van der Waals surface area contributed by atoms with Crippen molar-refractivity contribution in [2.75, 3.05) is 5.32 Å². The minimum Gasteiger partial charge on any atom is -0.353 e. The molecule has 2 aromatic rings. The molecule has 0 amide bonds. The van der Waals surface area contributed by atoms with E-state index in [1.165, 1.54) is 37.8 Å². The fraction of sp³-hybridized carbons (Fsp3) is 0.533. The van der Waals surface area contributed by atoms with E-state index in [0.717, 1.165) is 17.0 Å². The smallest absolute Gasteiger partial charge is 0.201 e. The predicted molar refractivity (Wildman–Crippen MR) is 75.7 cm³/mol. The summed E-state index contributed by atoms with van der Waals surface area (Å²) in [6.45, 7) is 4.65. The van der Waals surface area contributed by atoms with E-state index < -0.39 is 0 Å². The third kappa shape index (κ3) is 2.72. The van der Waals surface area contributed by atoms with E-state index in [-0.39, 0.29) is 5.82 Å². The number of nitrogens with zero attached hydrogens (tertiary/aromatic N) is 1. The molecule has 102 valence electrons. The van der Waals surface area contributed by atoms with Gasteiger partial charge in [-0.1, -0.05) is 13.8 Å². The molecule has 1 aliphatic rings. The number of rotatable bonds is 2. The zero-order chi connectivity index (χ0) is 13.5. The molecule has 1 fully saturated rings. The number of aromatic nitrogens is 2. The van der Waals surface area contributed by atoms with Gasteiger partial charge in [-0.2, -0.15) is 0 Å². The number of benzene rings is 1.